The maximum Gasteiger partial charge on any atom is 0.264 e. The van der Waals surface area contributed by atoms with E-state index in [0.717, 1.165) is 54.0 Å². The first-order chi connectivity index (χ1) is 23.1. The summed E-state index contributed by atoms with van der Waals surface area (Å²) in [6.45, 7) is 4.44. The Kier molecular flexibility index (Phi) is 8.15. The fraction of sp³-hybridized carbons (Fsp3) is 0.378. The van der Waals surface area contributed by atoms with Crippen LogP contribution in [0.4, 0.5) is 0 Å². The minimum atomic E-state index is -3.87. The van der Waals surface area contributed by atoms with Gasteiger partial charge in [-0.2, -0.15) is 0 Å². The van der Waals surface area contributed by atoms with Gasteiger partial charge >= 0.3 is 0 Å². The summed E-state index contributed by atoms with van der Waals surface area (Å²) in [5.41, 5.74) is 5.76. The van der Waals surface area contributed by atoms with Crippen LogP contribution in [0.3, 0.4) is 0 Å². The summed E-state index contributed by atoms with van der Waals surface area (Å²) in [6, 6.07) is 20.6. The Labute approximate surface area is 280 Å². The number of Topliss-reactive ketones (excluding diaryl/α,β-unsaturated/α-hetero) is 1. The molecule has 0 radical (unpaired) electrons. The fourth-order valence-electron chi connectivity index (χ4n) is 8.26. The van der Waals surface area contributed by atoms with Crippen LogP contribution in [-0.2, 0) is 31.4 Å². The van der Waals surface area contributed by atoms with Gasteiger partial charge in [-0.05, 0) is 75.0 Å². The number of likely N-dealkylation sites (N-methyl/N-ethyl adjacent to an activating group) is 1. The van der Waals surface area contributed by atoms with Gasteiger partial charge in [0.25, 0.3) is 10.0 Å². The molecule has 4 aromatic rings. The number of aromatic nitrogens is 1. The monoisotopic (exact) mass is 669 g/mol. The number of sulfonamides is 1. The lowest BCUT2D eigenvalue weighted by Crippen LogP contribution is -2.65. The van der Waals surface area contributed by atoms with Crippen molar-refractivity contribution >= 4 is 21.7 Å². The summed E-state index contributed by atoms with van der Waals surface area (Å²) >= 11 is 0. The highest BCUT2D eigenvalue weighted by atomic mass is 32.2. The quantitative estimate of drug-likeness (QED) is 0.285. The molecule has 1 amide bonds. The summed E-state index contributed by atoms with van der Waals surface area (Å²) in [5, 5.41) is 4.13. The normalized spacial score (nSPS) is 23.8. The molecule has 1 N–H and O–H groups in total. The molecule has 8 rings (SSSR count). The van der Waals surface area contributed by atoms with E-state index in [1.54, 1.807) is 33.1 Å². The first-order valence-electron chi connectivity index (χ1n) is 16.4. The molecule has 250 valence electrons. The lowest BCUT2D eigenvalue weighted by Gasteiger charge is -2.57. The highest BCUT2D eigenvalue weighted by Crippen LogP contribution is 2.63. The van der Waals surface area contributed by atoms with Crippen molar-refractivity contribution in [1.82, 2.24) is 14.8 Å². The van der Waals surface area contributed by atoms with Crippen LogP contribution in [0.15, 0.2) is 76.1 Å². The van der Waals surface area contributed by atoms with Gasteiger partial charge in [0.1, 0.15) is 11.5 Å². The largest absolute Gasteiger partial charge is 0.493 e. The second-order valence-corrected chi connectivity index (χ2v) is 14.7. The predicted molar refractivity (Wildman–Crippen MR) is 179 cm³/mol. The van der Waals surface area contributed by atoms with Gasteiger partial charge in [0, 0.05) is 35.4 Å². The van der Waals surface area contributed by atoms with Gasteiger partial charge in [-0.3, -0.25) is 9.59 Å². The summed E-state index contributed by atoms with van der Waals surface area (Å²) in [6.07, 6.45) is 3.56. The molecule has 2 aliphatic carbocycles. The number of hydrogen-bond donors (Lipinski definition) is 1. The van der Waals surface area contributed by atoms with Gasteiger partial charge in [-0.1, -0.05) is 60.6 Å². The van der Waals surface area contributed by atoms with Gasteiger partial charge in [0.05, 0.1) is 17.6 Å². The van der Waals surface area contributed by atoms with Crippen LogP contribution in [0, 0.1) is 12.8 Å². The molecule has 4 atom stereocenters. The van der Waals surface area contributed by atoms with Crippen LogP contribution in [0.25, 0.3) is 22.4 Å². The Morgan fingerprint density at radius 1 is 1.08 bits per heavy atom. The van der Waals surface area contributed by atoms with Crippen molar-refractivity contribution in [3.8, 4) is 33.9 Å². The van der Waals surface area contributed by atoms with E-state index in [9.17, 15) is 18.0 Å². The second-order valence-electron chi connectivity index (χ2n) is 13.0. The molecule has 1 saturated carbocycles. The molecule has 11 heteroatoms. The van der Waals surface area contributed by atoms with Crippen LogP contribution in [-0.4, -0.2) is 63.0 Å². The second kappa shape index (κ2) is 12.2. The van der Waals surface area contributed by atoms with Crippen LogP contribution < -0.4 is 14.2 Å². The Morgan fingerprint density at radius 3 is 2.54 bits per heavy atom. The molecule has 4 aliphatic rings. The van der Waals surface area contributed by atoms with Crippen molar-refractivity contribution in [3.63, 3.8) is 0 Å². The third kappa shape index (κ3) is 5.11. The Balaban J connectivity index is 0.000000153. The predicted octanol–water partition coefficient (Wildman–Crippen LogP) is 5.47. The first-order valence-corrected chi connectivity index (χ1v) is 17.8. The zero-order chi connectivity index (χ0) is 33.8. The van der Waals surface area contributed by atoms with Crippen molar-refractivity contribution in [1.29, 1.82) is 0 Å². The number of piperidine rings is 1. The van der Waals surface area contributed by atoms with Crippen LogP contribution in [0.2, 0.25) is 0 Å². The number of nitrogens with zero attached hydrogens (tertiary/aromatic N) is 2. The highest BCUT2D eigenvalue weighted by molar-refractivity contribution is 7.90. The van der Waals surface area contributed by atoms with E-state index in [0.29, 0.717) is 29.8 Å². The zero-order valence-corrected chi connectivity index (χ0v) is 28.3. The standard InChI is InChI=1S/C19H18N2O4S.C18H21NO3/c1-3-17(22)21-26(23,24)16-11-9-14(10-12-16)18-13(2)25-20-19(18)15-7-5-4-6-8-15;1-19-8-7-18-11-4-5-13(20)17(18)22-16-14(21-2)6-3-10(15(16)18)9-12(11)19/h4-12H,3H2,1-2H3,(H,21,22);3,6,11-12,17H,4-5,7-9H2,1-2H3/t;11-,12+,17-,18-/m.0/s1. The smallest absolute Gasteiger partial charge is 0.264 e. The number of carbonyl (C=O) groups is 2. The van der Waals surface area contributed by atoms with Crippen molar-refractivity contribution in [3.05, 3.63) is 83.6 Å². The molecule has 10 nitrogen and oxygen atoms in total. The SMILES string of the molecule is CCC(=O)NS(=O)(=O)c1ccc(-c2c(-c3ccccc3)noc2C)cc1.COc1ccc2c3c1O[C@H]1C(=O)CC[C@H]4[C@@H](C2)N(C)CC[C@]314. The lowest BCUT2D eigenvalue weighted by atomic mass is 9.52. The van der Waals surface area contributed by atoms with Crippen molar-refractivity contribution < 1.29 is 32.0 Å². The molecule has 48 heavy (non-hydrogen) atoms. The lowest BCUT2D eigenvalue weighted by molar-refractivity contribution is -0.138. The number of amides is 1. The van der Waals surface area contributed by atoms with Gasteiger partial charge in [0.15, 0.2) is 23.4 Å². The van der Waals surface area contributed by atoms with Crippen molar-refractivity contribution in [2.45, 2.75) is 68.4 Å². The number of ketones is 1. The van der Waals surface area contributed by atoms with Crippen LogP contribution in [0.5, 0.6) is 11.5 Å². The van der Waals surface area contributed by atoms with E-state index in [1.807, 2.05) is 41.1 Å². The van der Waals surface area contributed by atoms with E-state index in [-0.39, 0.29) is 28.6 Å². The molecule has 3 heterocycles. The molecule has 3 aromatic carbocycles. The average molecular weight is 670 g/mol. The number of carbonyl (C=O) groups excluding carboxylic acids is 2. The fourth-order valence-corrected chi connectivity index (χ4v) is 9.31. The van der Waals surface area contributed by atoms with Gasteiger partial charge in [0.2, 0.25) is 5.91 Å². The van der Waals surface area contributed by atoms with Crippen LogP contribution in [0.1, 0.15) is 49.5 Å². The summed E-state index contributed by atoms with van der Waals surface area (Å²) < 4.78 is 43.5. The third-order valence-electron chi connectivity index (χ3n) is 10.5. The van der Waals surface area contributed by atoms with E-state index in [4.69, 9.17) is 14.0 Å². The Bertz CT molecular complexity index is 1990. The van der Waals surface area contributed by atoms with E-state index < -0.39 is 15.9 Å². The Morgan fingerprint density at radius 2 is 1.83 bits per heavy atom. The third-order valence-corrected chi connectivity index (χ3v) is 11.9. The molecule has 1 spiro atoms. The number of hydrogen-bond acceptors (Lipinski definition) is 9. The molecule has 0 unspecified atom stereocenters. The molecule has 2 aliphatic heterocycles. The average Bonchev–Trinajstić information content (AvgIpc) is 3.66. The van der Waals surface area contributed by atoms with Crippen molar-refractivity contribution in [2.24, 2.45) is 5.92 Å². The summed E-state index contributed by atoms with van der Waals surface area (Å²) in [4.78, 5) is 26.5. The summed E-state index contributed by atoms with van der Waals surface area (Å²) in [5.74, 6) is 2.55. The number of benzene rings is 3. The van der Waals surface area contributed by atoms with Crippen molar-refractivity contribution in [2.75, 3.05) is 20.7 Å². The molecule has 2 bridgehead atoms. The maximum atomic E-state index is 12.6. The number of ether oxygens (including phenoxy) is 2. The molecule has 1 aromatic heterocycles. The molecule has 2 fully saturated rings. The molecule has 1 saturated heterocycles. The minimum absolute atomic E-state index is 0.0263. The number of methoxy groups -OCH3 is 1. The zero-order valence-electron chi connectivity index (χ0n) is 27.5. The number of nitrogens with one attached hydrogen (secondary N) is 1. The van der Waals surface area contributed by atoms with Gasteiger partial charge in [-0.15, -0.1) is 0 Å². The van der Waals surface area contributed by atoms with Gasteiger partial charge in [-0.25, -0.2) is 13.1 Å². The summed E-state index contributed by atoms with van der Waals surface area (Å²) in [7, 11) is 0.0435. The van der Waals surface area contributed by atoms with Gasteiger partial charge < -0.3 is 18.9 Å². The number of likely N-dealkylation sites (tertiary alicyclic amines) is 1. The number of aryl methyl sites for hydroxylation is 1. The molecular weight excluding hydrogens is 630 g/mol. The minimum Gasteiger partial charge on any atom is -0.493 e. The Hall–Kier alpha value is -4.48. The van der Waals surface area contributed by atoms with E-state index in [2.05, 4.69) is 23.2 Å². The van der Waals surface area contributed by atoms with Crippen LogP contribution >= 0.6 is 0 Å². The highest BCUT2D eigenvalue weighted by Gasteiger charge is 2.65. The molecular formula is C37H39N3O7S. The van der Waals surface area contributed by atoms with E-state index in [1.165, 1.54) is 23.3 Å². The topological polar surface area (TPSA) is 128 Å². The number of rotatable bonds is 6. The maximum absolute atomic E-state index is 12.6. The first kappa shape index (κ1) is 32.1. The van der Waals surface area contributed by atoms with E-state index >= 15 is 0 Å².